The number of pyridine rings is 1. The summed E-state index contributed by atoms with van der Waals surface area (Å²) in [6, 6.07) is 3.93. The normalized spacial score (nSPS) is 17.2. The lowest BCUT2D eigenvalue weighted by molar-refractivity contribution is 0.225. The molecule has 82 valence electrons. The van der Waals surface area contributed by atoms with Crippen LogP contribution in [0.4, 0.5) is 0 Å². The Balaban J connectivity index is 1.98. The molecule has 0 bridgehead atoms. The van der Waals surface area contributed by atoms with Crippen molar-refractivity contribution in [2.45, 2.75) is 12.5 Å². The minimum absolute atomic E-state index is 0.179. The van der Waals surface area contributed by atoms with Gasteiger partial charge in [0.1, 0.15) is 5.76 Å². The van der Waals surface area contributed by atoms with Crippen molar-refractivity contribution in [3.63, 3.8) is 0 Å². The number of fused-ring (bicyclic) bond motifs is 1. The van der Waals surface area contributed by atoms with E-state index in [4.69, 9.17) is 10.5 Å². The molecule has 0 saturated heterocycles. The zero-order valence-electron chi connectivity index (χ0n) is 8.72. The van der Waals surface area contributed by atoms with Crippen LogP contribution >= 0.6 is 11.3 Å². The zero-order chi connectivity index (χ0) is 11.0. The smallest absolute Gasteiger partial charge is 0.113 e. The van der Waals surface area contributed by atoms with Crippen LogP contribution < -0.4 is 5.73 Å². The molecule has 2 N–H and O–H groups in total. The van der Waals surface area contributed by atoms with E-state index < -0.39 is 0 Å². The van der Waals surface area contributed by atoms with Gasteiger partial charge in [-0.1, -0.05) is 0 Å². The van der Waals surface area contributed by atoms with Crippen LogP contribution in [0.1, 0.15) is 18.0 Å². The maximum atomic E-state index is 6.13. The van der Waals surface area contributed by atoms with E-state index in [1.54, 1.807) is 11.3 Å². The Morgan fingerprint density at radius 3 is 3.25 bits per heavy atom. The van der Waals surface area contributed by atoms with E-state index in [1.807, 2.05) is 17.6 Å². The first-order chi connectivity index (χ1) is 7.84. The summed E-state index contributed by atoms with van der Waals surface area (Å²) in [6.07, 6.45) is 4.85. The predicted molar refractivity (Wildman–Crippen MR) is 65.2 cm³/mol. The molecule has 0 saturated carbocycles. The minimum atomic E-state index is -0.179. The largest absolute Gasteiger partial charge is 0.496 e. The molecule has 3 heterocycles. The molecule has 1 aliphatic heterocycles. The summed E-state index contributed by atoms with van der Waals surface area (Å²) < 4.78 is 6.65. The number of hydrogen-bond donors (Lipinski definition) is 1. The monoisotopic (exact) mass is 232 g/mol. The maximum Gasteiger partial charge on any atom is 0.113 e. The van der Waals surface area contributed by atoms with E-state index in [0.717, 1.165) is 29.9 Å². The van der Waals surface area contributed by atoms with Gasteiger partial charge >= 0.3 is 0 Å². The van der Waals surface area contributed by atoms with Gasteiger partial charge in [0.25, 0.3) is 0 Å². The van der Waals surface area contributed by atoms with Crippen LogP contribution in [-0.2, 0) is 4.74 Å². The number of nitrogens with two attached hydrogens (primary N) is 1. The summed E-state index contributed by atoms with van der Waals surface area (Å²) in [7, 11) is 0. The third-order valence-electron chi connectivity index (χ3n) is 2.72. The van der Waals surface area contributed by atoms with Crippen LogP contribution in [0.15, 0.2) is 35.5 Å². The van der Waals surface area contributed by atoms with Crippen LogP contribution in [0.5, 0.6) is 0 Å². The molecule has 0 aromatic carbocycles. The lowest BCUT2D eigenvalue weighted by atomic mass is 10.1. The van der Waals surface area contributed by atoms with Crippen LogP contribution in [-0.4, -0.2) is 11.6 Å². The van der Waals surface area contributed by atoms with Gasteiger partial charge in [-0.2, -0.15) is 0 Å². The molecule has 0 radical (unpaired) electrons. The van der Waals surface area contributed by atoms with Crippen molar-refractivity contribution < 1.29 is 4.74 Å². The molecule has 0 fully saturated rings. The first kappa shape index (κ1) is 9.81. The topological polar surface area (TPSA) is 48.1 Å². The second kappa shape index (κ2) is 3.88. The van der Waals surface area contributed by atoms with Gasteiger partial charge in [-0.15, -0.1) is 11.3 Å². The summed E-state index contributed by atoms with van der Waals surface area (Å²) in [6.45, 7) is 0.748. The first-order valence-electron chi connectivity index (χ1n) is 5.26. The fraction of sp³-hybridized carbons (Fsp3) is 0.250. The summed E-state index contributed by atoms with van der Waals surface area (Å²) in [4.78, 5) is 4.38. The fourth-order valence-electron chi connectivity index (χ4n) is 1.85. The molecule has 16 heavy (non-hydrogen) atoms. The molecular weight excluding hydrogens is 220 g/mol. The van der Waals surface area contributed by atoms with Gasteiger partial charge in [-0.05, 0) is 29.2 Å². The van der Waals surface area contributed by atoms with Crippen LogP contribution in [0.25, 0.3) is 10.2 Å². The lowest BCUT2D eigenvalue weighted by Crippen LogP contribution is -2.13. The number of nitrogens with zero attached hydrogens (tertiary/aromatic N) is 1. The van der Waals surface area contributed by atoms with Crippen molar-refractivity contribution in [1.82, 2.24) is 4.98 Å². The van der Waals surface area contributed by atoms with Crippen molar-refractivity contribution in [2.75, 3.05) is 6.61 Å². The molecule has 1 unspecified atom stereocenters. The van der Waals surface area contributed by atoms with Gasteiger partial charge in [0, 0.05) is 12.6 Å². The number of ether oxygens (including phenoxy) is 1. The van der Waals surface area contributed by atoms with Gasteiger partial charge in [0.05, 0.1) is 22.9 Å². The molecule has 0 spiro atoms. The van der Waals surface area contributed by atoms with Crippen LogP contribution in [0.3, 0.4) is 0 Å². The molecule has 4 heteroatoms. The van der Waals surface area contributed by atoms with E-state index >= 15 is 0 Å². The van der Waals surface area contributed by atoms with E-state index in [-0.39, 0.29) is 6.04 Å². The fourth-order valence-corrected chi connectivity index (χ4v) is 2.64. The van der Waals surface area contributed by atoms with Crippen molar-refractivity contribution in [2.24, 2.45) is 5.73 Å². The Morgan fingerprint density at radius 1 is 1.50 bits per heavy atom. The quantitative estimate of drug-likeness (QED) is 0.865. The molecule has 2 aromatic heterocycles. The summed E-state index contributed by atoms with van der Waals surface area (Å²) >= 11 is 1.68. The molecule has 2 aromatic rings. The van der Waals surface area contributed by atoms with E-state index in [2.05, 4.69) is 17.1 Å². The standard InChI is InChI=1S/C12H12N2OS/c13-12(10-2-1-4-15-10)8-6-11-9(14-7-8)3-5-16-11/h2-3,5-7,12H,1,4,13H2. The highest BCUT2D eigenvalue weighted by molar-refractivity contribution is 7.17. The number of aromatic nitrogens is 1. The van der Waals surface area contributed by atoms with Crippen molar-refractivity contribution in [3.05, 3.63) is 41.1 Å². The van der Waals surface area contributed by atoms with E-state index in [0.29, 0.717) is 0 Å². The third-order valence-corrected chi connectivity index (χ3v) is 3.57. The average molecular weight is 232 g/mol. The highest BCUT2D eigenvalue weighted by atomic mass is 32.1. The first-order valence-corrected chi connectivity index (χ1v) is 6.14. The third kappa shape index (κ3) is 1.60. The molecule has 0 aliphatic carbocycles. The summed E-state index contributed by atoms with van der Waals surface area (Å²) in [5.41, 5.74) is 8.18. The van der Waals surface area contributed by atoms with Gasteiger partial charge in [0.2, 0.25) is 0 Å². The van der Waals surface area contributed by atoms with Gasteiger partial charge in [0.15, 0.2) is 0 Å². The van der Waals surface area contributed by atoms with E-state index in [9.17, 15) is 0 Å². The SMILES string of the molecule is NC(C1=CCCO1)c1cnc2ccsc2c1. The Labute approximate surface area is 97.6 Å². The van der Waals surface area contributed by atoms with Crippen LogP contribution in [0, 0.1) is 0 Å². The van der Waals surface area contributed by atoms with Crippen LogP contribution in [0.2, 0.25) is 0 Å². The summed E-state index contributed by atoms with van der Waals surface area (Å²) in [5.74, 6) is 0.873. The minimum Gasteiger partial charge on any atom is -0.496 e. The second-order valence-corrected chi connectivity index (χ2v) is 4.74. The molecule has 3 nitrogen and oxygen atoms in total. The predicted octanol–water partition coefficient (Wildman–Crippen LogP) is 2.60. The summed E-state index contributed by atoms with van der Waals surface area (Å²) in [5, 5.41) is 2.04. The van der Waals surface area contributed by atoms with E-state index in [1.165, 1.54) is 4.70 Å². The Morgan fingerprint density at radius 2 is 2.44 bits per heavy atom. The van der Waals surface area contributed by atoms with Crippen molar-refractivity contribution >= 4 is 21.6 Å². The van der Waals surface area contributed by atoms with Gasteiger partial charge < -0.3 is 10.5 Å². The molecule has 1 atom stereocenters. The highest BCUT2D eigenvalue weighted by Crippen LogP contribution is 2.27. The highest BCUT2D eigenvalue weighted by Gasteiger charge is 2.17. The number of thiophene rings is 1. The molecule has 1 aliphatic rings. The molecule has 0 amide bonds. The molecular formula is C12H12N2OS. The Kier molecular flexibility index (Phi) is 2.38. The zero-order valence-corrected chi connectivity index (χ0v) is 9.54. The Hall–Kier alpha value is -1.39. The Bertz CT molecular complexity index is 547. The van der Waals surface area contributed by atoms with Crippen molar-refractivity contribution in [1.29, 1.82) is 0 Å². The number of hydrogen-bond acceptors (Lipinski definition) is 4. The van der Waals surface area contributed by atoms with Crippen molar-refractivity contribution in [3.8, 4) is 0 Å². The second-order valence-electron chi connectivity index (χ2n) is 3.79. The van der Waals surface area contributed by atoms with Gasteiger partial charge in [-0.3, -0.25) is 4.98 Å². The average Bonchev–Trinajstić information content (AvgIpc) is 2.98. The number of rotatable bonds is 2. The maximum absolute atomic E-state index is 6.13. The lowest BCUT2D eigenvalue weighted by Gasteiger charge is -2.13. The molecule has 3 rings (SSSR count). The van der Waals surface area contributed by atoms with Gasteiger partial charge in [-0.25, -0.2) is 0 Å².